The Labute approximate surface area is 275 Å². The van der Waals surface area contributed by atoms with Gasteiger partial charge in [-0.15, -0.1) is 0 Å². The van der Waals surface area contributed by atoms with E-state index in [2.05, 4.69) is 83.1 Å². The van der Waals surface area contributed by atoms with E-state index in [1.807, 2.05) is 64.2 Å². The molecule has 0 amide bonds. The van der Waals surface area contributed by atoms with Gasteiger partial charge in [-0.2, -0.15) is 0 Å². The Hall–Kier alpha value is 1.41. The fourth-order valence-electron chi connectivity index (χ4n) is 5.14. The maximum atomic E-state index is 5.47. The molecule has 23 radical (unpaired) electrons. The van der Waals surface area contributed by atoms with Crippen LogP contribution < -0.4 is 5.43 Å². The number of nitrogens with one attached hydrogen (secondary N) is 1. The van der Waals surface area contributed by atoms with Crippen molar-refractivity contribution in [2.45, 2.75) is 63.9 Å². The summed E-state index contributed by atoms with van der Waals surface area (Å²) < 4.78 is 5.47. The average molecular weight is 639 g/mol. The number of hydrogen-bond donors (Lipinski definition) is 1. The van der Waals surface area contributed by atoms with Crippen molar-refractivity contribution in [1.29, 1.82) is 0 Å². The Morgan fingerprint density at radius 2 is 1.27 bits per heavy atom. The quantitative estimate of drug-likeness (QED) is 0.245. The largest absolute Gasteiger partial charge is 2.00 e. The third-order valence-electron chi connectivity index (χ3n) is 6.69. The molecule has 0 spiro atoms. The molecule has 4 aliphatic carbocycles. The van der Waals surface area contributed by atoms with E-state index >= 15 is 0 Å². The zero-order chi connectivity index (χ0) is 26.5. The van der Waals surface area contributed by atoms with Crippen molar-refractivity contribution in [2.24, 2.45) is 0 Å². The van der Waals surface area contributed by atoms with Crippen LogP contribution in [0, 0.1) is 127 Å². The van der Waals surface area contributed by atoms with Gasteiger partial charge in [-0.05, 0) is 133 Å². The number of rotatable bonds is 9. The molecule has 1 aliphatic heterocycles. The topological polar surface area (TPSA) is 24.5 Å². The Bertz CT molecular complexity index is 556. The second kappa shape index (κ2) is 23.8. The van der Waals surface area contributed by atoms with Gasteiger partial charge in [0.15, 0.2) is 0 Å². The molecule has 1 N–H and O–H groups in total. The number of methoxy groups -OCH3 is 1. The molecule has 0 aromatic rings. The van der Waals surface area contributed by atoms with Crippen LogP contribution in [-0.2, 0) is 38.9 Å². The van der Waals surface area contributed by atoms with Crippen molar-refractivity contribution in [3.05, 3.63) is 127 Å². The van der Waals surface area contributed by atoms with Crippen LogP contribution in [0.5, 0.6) is 0 Å². The van der Waals surface area contributed by atoms with Gasteiger partial charge in [0, 0.05) is 51.6 Å². The van der Waals surface area contributed by atoms with Gasteiger partial charge in [-0.3, -0.25) is 5.43 Å². The Balaban J connectivity index is 0.000000981. The van der Waals surface area contributed by atoms with E-state index in [0.717, 1.165) is 13.2 Å². The number of hydrogen-bond acceptors (Lipinski definition) is 3. The molecule has 7 heteroatoms. The van der Waals surface area contributed by atoms with Crippen molar-refractivity contribution in [1.82, 2.24) is 10.4 Å². The third kappa shape index (κ3) is 13.6. The zero-order valence-electron chi connectivity index (χ0n) is 24.5. The van der Waals surface area contributed by atoms with Gasteiger partial charge in [-0.25, -0.2) is 5.01 Å². The van der Waals surface area contributed by atoms with Gasteiger partial charge in [-0.1, -0.05) is 35.6 Å². The van der Waals surface area contributed by atoms with E-state index in [1.54, 1.807) is 12.8 Å². The maximum absolute atomic E-state index is 5.47. The monoisotopic (exact) mass is 639 g/mol. The van der Waals surface area contributed by atoms with E-state index in [1.165, 1.54) is 24.7 Å². The van der Waals surface area contributed by atoms with Crippen LogP contribution in [0.3, 0.4) is 0 Å². The molecule has 0 unspecified atom stereocenters. The van der Waals surface area contributed by atoms with Crippen LogP contribution in [0.25, 0.3) is 0 Å². The standard InChI is InChI=1S/C23H35N2OP.2C5H5.B.2Fe/c1-17(2)27(18(3)4)22-14-8-13-21(22)23(19-10-6-7-11-19)24-25-15-9-12-20(25)16-26-5;2*1-2-4-5-3-1;;;/h6-8,10-11,13-14,17-18,20,23-24H,9,12,15-16H2,1-5H3;2*1-5H;;;/q;;;;2*+2/t20-,23-;;;;;/m0...../s1. The summed E-state index contributed by atoms with van der Waals surface area (Å²) in [5.74, 6) is 2.81. The summed E-state index contributed by atoms with van der Waals surface area (Å²) >= 11 is 0. The predicted octanol–water partition coefficient (Wildman–Crippen LogP) is 6.06. The minimum Gasteiger partial charge on any atom is -0.383 e. The van der Waals surface area contributed by atoms with Crippen LogP contribution in [-0.4, -0.2) is 57.1 Å². The van der Waals surface area contributed by atoms with E-state index in [-0.39, 0.29) is 56.5 Å². The molecule has 0 aromatic heterocycles. The SMILES string of the molecule is COC[C@@H]1CCCN1N[C@@H]([C]1[CH][CH][CH][CH]1)[C]1[CH][CH][CH][C]1P(C(C)C)C(C)C.[B].[CH]1[CH][CH][CH][CH]1.[CH]1[CH][CH][CH][CH]1.[Fe+2].[Fe+2]. The van der Waals surface area contributed by atoms with Gasteiger partial charge in [0.05, 0.1) is 6.61 Å². The minimum absolute atomic E-state index is 0. The number of hydrazine groups is 1. The number of nitrogens with zero attached hydrogens (tertiary/aromatic N) is 1. The molecule has 1 saturated heterocycles. The summed E-state index contributed by atoms with van der Waals surface area (Å²) in [6.45, 7) is 11.4. The Morgan fingerprint density at radius 3 is 1.73 bits per heavy atom. The van der Waals surface area contributed by atoms with E-state index in [0.29, 0.717) is 17.4 Å². The second-order valence-electron chi connectivity index (χ2n) is 10.1. The molecule has 213 valence electrons. The fraction of sp³-hybridized carbons (Fsp3) is 0.394. The van der Waals surface area contributed by atoms with E-state index in [9.17, 15) is 0 Å². The molecule has 1 heterocycles. The van der Waals surface area contributed by atoms with Crippen LogP contribution >= 0.6 is 7.92 Å². The first-order valence-electron chi connectivity index (χ1n) is 13.6. The molecule has 3 nitrogen and oxygen atoms in total. The Kier molecular flexibility index (Phi) is 24.6. The predicted molar refractivity (Wildman–Crippen MR) is 164 cm³/mol. The van der Waals surface area contributed by atoms with Crippen molar-refractivity contribution < 1.29 is 38.9 Å². The van der Waals surface area contributed by atoms with Crippen LogP contribution in [0.2, 0.25) is 0 Å². The van der Waals surface area contributed by atoms with E-state index in [4.69, 9.17) is 4.74 Å². The second-order valence-corrected chi connectivity index (χ2v) is 13.5. The van der Waals surface area contributed by atoms with Crippen molar-refractivity contribution in [3.8, 4) is 0 Å². The van der Waals surface area contributed by atoms with Crippen molar-refractivity contribution in [3.63, 3.8) is 0 Å². The average Bonchev–Trinajstić information content (AvgIpc) is 3.71. The molecule has 40 heavy (non-hydrogen) atoms. The first-order chi connectivity index (χ1) is 18.0. The van der Waals surface area contributed by atoms with Crippen molar-refractivity contribution >= 4 is 16.3 Å². The smallest absolute Gasteiger partial charge is 0.383 e. The summed E-state index contributed by atoms with van der Waals surface area (Å²) in [5.41, 5.74) is 6.84. The molecular formula is C33H45BFe2N2OP+4. The molecule has 4 saturated carbocycles. The molecule has 0 aromatic carbocycles. The summed E-state index contributed by atoms with van der Waals surface area (Å²) in [4.78, 5) is 0. The van der Waals surface area contributed by atoms with Gasteiger partial charge in [0.25, 0.3) is 0 Å². The molecule has 5 rings (SSSR count). The van der Waals surface area contributed by atoms with Crippen LogP contribution in [0.15, 0.2) is 0 Å². The zero-order valence-corrected chi connectivity index (χ0v) is 27.6. The normalized spacial score (nSPS) is 24.8. The van der Waals surface area contributed by atoms with Crippen LogP contribution in [0.4, 0.5) is 0 Å². The third-order valence-corrected chi connectivity index (χ3v) is 9.88. The van der Waals surface area contributed by atoms with Gasteiger partial charge >= 0.3 is 34.1 Å². The maximum Gasteiger partial charge on any atom is 2.00 e. The first kappa shape index (κ1) is 41.4. The summed E-state index contributed by atoms with van der Waals surface area (Å²) in [7, 11) is 1.62. The molecular weight excluding hydrogens is 594 g/mol. The van der Waals surface area contributed by atoms with Crippen molar-refractivity contribution in [2.75, 3.05) is 20.3 Å². The van der Waals surface area contributed by atoms with Gasteiger partial charge in [0.1, 0.15) is 0 Å². The fourth-order valence-corrected chi connectivity index (χ4v) is 8.21. The summed E-state index contributed by atoms with van der Waals surface area (Å²) in [6, 6.07) is 0.674. The summed E-state index contributed by atoms with van der Waals surface area (Å²) in [5, 5.41) is 2.42. The summed E-state index contributed by atoms with van der Waals surface area (Å²) in [6.07, 6.45) is 38.2. The molecule has 0 bridgehead atoms. The minimum atomic E-state index is -0.185. The molecule has 5 fully saturated rings. The number of ether oxygens (including phenoxy) is 1. The van der Waals surface area contributed by atoms with Gasteiger partial charge in [0.2, 0.25) is 0 Å². The molecule has 5 aliphatic rings. The van der Waals surface area contributed by atoms with E-state index < -0.39 is 0 Å². The van der Waals surface area contributed by atoms with Gasteiger partial charge < -0.3 is 4.74 Å². The molecule has 2 atom stereocenters. The first-order valence-corrected chi connectivity index (χ1v) is 15.1. The Morgan fingerprint density at radius 1 is 0.775 bits per heavy atom. The van der Waals surface area contributed by atoms with Crippen LogP contribution in [0.1, 0.15) is 40.5 Å².